The van der Waals surface area contributed by atoms with Crippen molar-refractivity contribution in [1.82, 2.24) is 5.43 Å². The fraction of sp³-hybridized carbons (Fsp3) is 0.125. The minimum atomic E-state index is -0.767. The number of nitrogens with one attached hydrogen (secondary N) is 1. The summed E-state index contributed by atoms with van der Waals surface area (Å²) < 4.78 is 5.28. The molecule has 0 bridgehead atoms. The molecule has 0 aliphatic rings. The molecular weight excluding hydrogens is 350 g/mol. The third-order valence-corrected chi connectivity index (χ3v) is 3.30. The van der Waals surface area contributed by atoms with Crippen molar-refractivity contribution in [1.29, 1.82) is 0 Å². The van der Waals surface area contributed by atoms with Crippen LogP contribution in [0.5, 0.6) is 11.5 Å². The second-order valence-electron chi connectivity index (χ2n) is 4.78. The quantitative estimate of drug-likeness (QED) is 0.465. The van der Waals surface area contributed by atoms with Crippen LogP contribution in [0.4, 0.5) is 5.69 Å². The molecule has 0 aliphatic heterocycles. The van der Waals surface area contributed by atoms with E-state index in [2.05, 4.69) is 10.5 Å². The van der Waals surface area contributed by atoms with Crippen LogP contribution in [-0.4, -0.2) is 28.8 Å². The smallest absolute Gasteiger partial charge is 0.312 e. The number of phenolic OH excluding ortho intramolecular Hbond substituents is 1. The fourth-order valence-electron chi connectivity index (χ4n) is 1.94. The molecule has 25 heavy (non-hydrogen) atoms. The molecule has 0 fully saturated rings. The van der Waals surface area contributed by atoms with Crippen molar-refractivity contribution < 1.29 is 19.6 Å². The zero-order valence-electron chi connectivity index (χ0n) is 13.1. The van der Waals surface area contributed by atoms with Crippen molar-refractivity contribution in [2.24, 2.45) is 5.10 Å². The molecule has 0 heterocycles. The van der Waals surface area contributed by atoms with Crippen LogP contribution in [-0.2, 0) is 0 Å². The molecule has 0 unspecified atom stereocenters. The van der Waals surface area contributed by atoms with Gasteiger partial charge in [0.2, 0.25) is 5.75 Å². The number of hydrogen-bond acceptors (Lipinski definition) is 6. The van der Waals surface area contributed by atoms with Gasteiger partial charge in [0.1, 0.15) is 5.75 Å². The van der Waals surface area contributed by atoms with E-state index in [1.807, 2.05) is 6.92 Å². The Morgan fingerprint density at radius 2 is 2.08 bits per heavy atom. The topological polar surface area (TPSA) is 114 Å². The number of hydrogen-bond donors (Lipinski definition) is 2. The molecule has 0 aromatic heterocycles. The third kappa shape index (κ3) is 4.67. The maximum absolute atomic E-state index is 12.0. The Hall–Kier alpha value is -3.13. The summed E-state index contributed by atoms with van der Waals surface area (Å²) in [6.45, 7) is 2.37. The highest BCUT2D eigenvalue weighted by molar-refractivity contribution is 6.31. The second-order valence-corrected chi connectivity index (χ2v) is 5.21. The predicted molar refractivity (Wildman–Crippen MR) is 92.4 cm³/mol. The number of halogens is 1. The predicted octanol–water partition coefficient (Wildman–Crippen LogP) is 3.12. The molecular formula is C16H14ClN3O5. The van der Waals surface area contributed by atoms with Gasteiger partial charge in [-0.1, -0.05) is 11.6 Å². The zero-order valence-corrected chi connectivity index (χ0v) is 13.9. The first kappa shape index (κ1) is 18.2. The number of nitro benzene ring substituents is 1. The number of nitro groups is 1. The summed E-state index contributed by atoms with van der Waals surface area (Å²) in [6.07, 6.45) is 1.07. The molecule has 8 nitrogen and oxygen atoms in total. The van der Waals surface area contributed by atoms with Gasteiger partial charge in [-0.15, -0.1) is 0 Å². The van der Waals surface area contributed by atoms with Crippen LogP contribution in [0, 0.1) is 10.1 Å². The lowest BCUT2D eigenvalue weighted by Gasteiger charge is -2.04. The average molecular weight is 364 g/mol. The van der Waals surface area contributed by atoms with Crippen molar-refractivity contribution >= 4 is 29.4 Å². The molecule has 2 rings (SSSR count). The fourth-order valence-corrected chi connectivity index (χ4v) is 2.16. The summed E-state index contributed by atoms with van der Waals surface area (Å²) in [6, 6.07) is 8.74. The number of nitrogens with zero attached hydrogens (tertiary/aromatic N) is 2. The molecule has 0 spiro atoms. The summed E-state index contributed by atoms with van der Waals surface area (Å²) in [4.78, 5) is 22.0. The molecule has 2 aromatic rings. The van der Waals surface area contributed by atoms with Crippen LogP contribution in [0.25, 0.3) is 0 Å². The first-order valence-electron chi connectivity index (χ1n) is 7.15. The van der Waals surface area contributed by atoms with Crippen molar-refractivity contribution in [2.45, 2.75) is 6.92 Å². The van der Waals surface area contributed by atoms with E-state index < -0.39 is 22.3 Å². The maximum atomic E-state index is 12.0. The maximum Gasteiger partial charge on any atom is 0.312 e. The third-order valence-electron chi connectivity index (χ3n) is 3.08. The highest BCUT2D eigenvalue weighted by Gasteiger charge is 2.17. The number of carbonyl (C=O) groups excluding carboxylic acids is 1. The van der Waals surface area contributed by atoms with Crippen molar-refractivity contribution in [3.05, 3.63) is 62.7 Å². The molecule has 0 radical (unpaired) electrons. The summed E-state index contributed by atoms with van der Waals surface area (Å²) in [5, 5.41) is 24.4. The van der Waals surface area contributed by atoms with Crippen molar-refractivity contribution in [3.8, 4) is 11.5 Å². The SMILES string of the molecule is CCOc1ccc(C(=O)N/N=C/c2cc(Cl)cc([N+](=O)[O-])c2O)cc1. The molecule has 2 N–H and O–H groups in total. The highest BCUT2D eigenvalue weighted by Crippen LogP contribution is 2.32. The number of aromatic hydroxyl groups is 1. The van der Waals surface area contributed by atoms with E-state index in [4.69, 9.17) is 16.3 Å². The Morgan fingerprint density at radius 1 is 1.40 bits per heavy atom. The molecule has 2 aromatic carbocycles. The number of rotatable bonds is 6. The van der Waals surface area contributed by atoms with Crippen LogP contribution in [0.15, 0.2) is 41.5 Å². The number of hydrazone groups is 1. The van der Waals surface area contributed by atoms with Gasteiger partial charge in [0.15, 0.2) is 0 Å². The standard InChI is InChI=1S/C16H14ClN3O5/c1-2-25-13-5-3-10(4-6-13)16(22)19-18-9-11-7-12(17)8-14(15(11)21)20(23)24/h3-9,21H,2H2,1H3,(H,19,22)/b18-9+. The van der Waals surface area contributed by atoms with Crippen molar-refractivity contribution in [3.63, 3.8) is 0 Å². The Labute approximate surface area is 147 Å². The number of ether oxygens (including phenoxy) is 1. The van der Waals surface area contributed by atoms with Crippen LogP contribution >= 0.6 is 11.6 Å². The lowest BCUT2D eigenvalue weighted by Crippen LogP contribution is -2.17. The Bertz CT molecular complexity index is 821. The Kier molecular flexibility index (Phi) is 5.91. The van der Waals surface area contributed by atoms with Gasteiger partial charge in [-0.25, -0.2) is 5.43 Å². The number of phenols is 1. The minimum Gasteiger partial charge on any atom is -0.502 e. The van der Waals surface area contributed by atoms with E-state index in [0.717, 1.165) is 12.3 Å². The van der Waals surface area contributed by atoms with Gasteiger partial charge in [-0.05, 0) is 37.3 Å². The van der Waals surface area contributed by atoms with E-state index >= 15 is 0 Å². The molecule has 0 atom stereocenters. The van der Waals surface area contributed by atoms with Gasteiger partial charge < -0.3 is 9.84 Å². The van der Waals surface area contributed by atoms with Crippen LogP contribution in [0.1, 0.15) is 22.8 Å². The van der Waals surface area contributed by atoms with E-state index in [9.17, 15) is 20.0 Å². The van der Waals surface area contributed by atoms with E-state index in [0.29, 0.717) is 17.9 Å². The van der Waals surface area contributed by atoms with E-state index in [-0.39, 0.29) is 10.6 Å². The Balaban J connectivity index is 2.10. The number of amides is 1. The molecule has 0 aliphatic carbocycles. The monoisotopic (exact) mass is 363 g/mol. The first-order valence-corrected chi connectivity index (χ1v) is 7.53. The molecule has 0 saturated heterocycles. The van der Waals surface area contributed by atoms with Gasteiger partial charge in [-0.3, -0.25) is 14.9 Å². The number of carbonyl (C=O) groups is 1. The summed E-state index contributed by atoms with van der Waals surface area (Å²) in [5.41, 5.74) is 2.07. The molecule has 9 heteroatoms. The van der Waals surface area contributed by atoms with E-state index in [1.54, 1.807) is 24.3 Å². The number of benzene rings is 2. The first-order chi connectivity index (χ1) is 11.9. The van der Waals surface area contributed by atoms with Crippen LogP contribution in [0.2, 0.25) is 5.02 Å². The van der Waals surface area contributed by atoms with E-state index in [1.165, 1.54) is 6.07 Å². The van der Waals surface area contributed by atoms with Gasteiger partial charge >= 0.3 is 5.69 Å². The lowest BCUT2D eigenvalue weighted by molar-refractivity contribution is -0.385. The van der Waals surface area contributed by atoms with Crippen LogP contribution < -0.4 is 10.2 Å². The minimum absolute atomic E-state index is 0.00573. The highest BCUT2D eigenvalue weighted by atomic mass is 35.5. The summed E-state index contributed by atoms with van der Waals surface area (Å²) in [7, 11) is 0. The van der Waals surface area contributed by atoms with Gasteiger partial charge in [0.25, 0.3) is 5.91 Å². The normalized spacial score (nSPS) is 10.6. The van der Waals surface area contributed by atoms with Gasteiger partial charge in [0, 0.05) is 22.2 Å². The zero-order chi connectivity index (χ0) is 18.4. The second kappa shape index (κ2) is 8.11. The van der Waals surface area contributed by atoms with Gasteiger partial charge in [-0.2, -0.15) is 5.10 Å². The van der Waals surface area contributed by atoms with Crippen molar-refractivity contribution in [2.75, 3.05) is 6.61 Å². The lowest BCUT2D eigenvalue weighted by atomic mass is 10.2. The van der Waals surface area contributed by atoms with Gasteiger partial charge in [0.05, 0.1) is 17.7 Å². The largest absolute Gasteiger partial charge is 0.502 e. The Morgan fingerprint density at radius 3 is 2.68 bits per heavy atom. The summed E-state index contributed by atoms with van der Waals surface area (Å²) in [5.74, 6) is -0.442. The average Bonchev–Trinajstić information content (AvgIpc) is 2.58. The molecule has 130 valence electrons. The molecule has 1 amide bonds. The van der Waals surface area contributed by atoms with Crippen LogP contribution in [0.3, 0.4) is 0 Å². The summed E-state index contributed by atoms with van der Waals surface area (Å²) >= 11 is 5.77. The molecule has 0 saturated carbocycles.